The summed E-state index contributed by atoms with van der Waals surface area (Å²) in [6.45, 7) is 2.38. The Balaban J connectivity index is 1.43. The fourth-order valence-electron chi connectivity index (χ4n) is 4.48. The summed E-state index contributed by atoms with van der Waals surface area (Å²) in [6.07, 6.45) is 1.54. The van der Waals surface area contributed by atoms with E-state index in [0.717, 1.165) is 5.39 Å². The van der Waals surface area contributed by atoms with Crippen molar-refractivity contribution in [1.82, 2.24) is 9.66 Å². The highest BCUT2D eigenvalue weighted by molar-refractivity contribution is 9.13. The first-order chi connectivity index (χ1) is 20.4. The topological polar surface area (TPSA) is 78.9 Å². The first-order valence-electron chi connectivity index (χ1n) is 13.0. The van der Waals surface area contributed by atoms with Crippen LogP contribution in [0.3, 0.4) is 0 Å². The second kappa shape index (κ2) is 11.9. The molecule has 0 aliphatic heterocycles. The van der Waals surface area contributed by atoms with Crippen LogP contribution >= 0.6 is 31.9 Å². The Hall–Kier alpha value is -4.28. The first kappa shape index (κ1) is 27.9. The maximum Gasteiger partial charge on any atom is 0.282 e. The number of fused-ring (bicyclic) bond motifs is 2. The molecule has 4 aromatic carbocycles. The van der Waals surface area contributed by atoms with Crippen molar-refractivity contribution < 1.29 is 18.3 Å². The molecule has 0 aliphatic rings. The first-order valence-corrected chi connectivity index (χ1v) is 14.6. The minimum Gasteiger partial charge on any atom is -0.490 e. The number of benzene rings is 4. The molecule has 0 bridgehead atoms. The third kappa shape index (κ3) is 5.47. The van der Waals surface area contributed by atoms with Gasteiger partial charge in [-0.15, -0.1) is 0 Å². The van der Waals surface area contributed by atoms with Gasteiger partial charge >= 0.3 is 0 Å². The summed E-state index contributed by atoms with van der Waals surface area (Å²) < 4.78 is 34.1. The van der Waals surface area contributed by atoms with Gasteiger partial charge in [-0.1, -0.05) is 42.5 Å². The lowest BCUT2D eigenvalue weighted by Gasteiger charge is -2.16. The molecule has 6 rings (SSSR count). The number of hydrogen-bond donors (Lipinski definition) is 0. The molecule has 6 aromatic rings. The molecule has 0 radical (unpaired) electrons. The average molecular weight is 691 g/mol. The Morgan fingerprint density at radius 3 is 2.60 bits per heavy atom. The van der Waals surface area contributed by atoms with Gasteiger partial charge in [-0.2, -0.15) is 9.78 Å². The van der Waals surface area contributed by atoms with Crippen molar-refractivity contribution >= 4 is 59.9 Å². The van der Waals surface area contributed by atoms with E-state index in [9.17, 15) is 9.18 Å². The van der Waals surface area contributed by atoms with Gasteiger partial charge in [0.2, 0.25) is 5.82 Å². The van der Waals surface area contributed by atoms with Crippen LogP contribution in [-0.2, 0) is 6.61 Å². The average Bonchev–Trinajstić information content (AvgIpc) is 3.43. The molecular formula is C32H22Br2FN3O4. The fraction of sp³-hybridized carbons (Fsp3) is 0.0938. The van der Waals surface area contributed by atoms with Crippen LogP contribution in [0, 0.1) is 5.82 Å². The molecule has 0 N–H and O–H groups in total. The molecule has 2 heterocycles. The normalized spacial score (nSPS) is 11.5. The molecular weight excluding hydrogens is 669 g/mol. The van der Waals surface area contributed by atoms with Crippen molar-refractivity contribution in [3.63, 3.8) is 0 Å². The summed E-state index contributed by atoms with van der Waals surface area (Å²) in [5.74, 6) is 1.23. The van der Waals surface area contributed by atoms with Gasteiger partial charge in [0.25, 0.3) is 5.56 Å². The summed E-state index contributed by atoms with van der Waals surface area (Å²) in [4.78, 5) is 18.4. The second-order valence-corrected chi connectivity index (χ2v) is 10.8. The quantitative estimate of drug-likeness (QED) is 0.150. The Morgan fingerprint density at radius 1 is 0.976 bits per heavy atom. The van der Waals surface area contributed by atoms with Gasteiger partial charge < -0.3 is 13.9 Å². The van der Waals surface area contributed by atoms with Crippen LogP contribution in [0.15, 0.2) is 108 Å². The summed E-state index contributed by atoms with van der Waals surface area (Å²) in [7, 11) is 0. The second-order valence-electron chi connectivity index (χ2n) is 9.24. The molecule has 0 fully saturated rings. The van der Waals surface area contributed by atoms with Crippen LogP contribution in [0.1, 0.15) is 18.1 Å². The lowest BCUT2D eigenvalue weighted by Crippen LogP contribution is -2.20. The van der Waals surface area contributed by atoms with Crippen molar-refractivity contribution in [3.05, 3.63) is 121 Å². The van der Waals surface area contributed by atoms with E-state index in [1.54, 1.807) is 36.4 Å². The highest BCUT2D eigenvalue weighted by Gasteiger charge is 2.19. The predicted molar refractivity (Wildman–Crippen MR) is 168 cm³/mol. The lowest BCUT2D eigenvalue weighted by molar-refractivity contribution is 0.267. The van der Waals surface area contributed by atoms with E-state index in [4.69, 9.17) is 18.9 Å². The van der Waals surface area contributed by atoms with Crippen molar-refractivity contribution in [3.8, 4) is 23.1 Å². The highest BCUT2D eigenvalue weighted by Crippen LogP contribution is 2.43. The van der Waals surface area contributed by atoms with Gasteiger partial charge in [0.15, 0.2) is 17.3 Å². The summed E-state index contributed by atoms with van der Waals surface area (Å²) >= 11 is 7.22. The minimum absolute atomic E-state index is 0.134. The zero-order valence-corrected chi connectivity index (χ0v) is 25.4. The molecule has 0 spiro atoms. The van der Waals surface area contributed by atoms with Crippen LogP contribution in [0.2, 0.25) is 0 Å². The van der Waals surface area contributed by atoms with Gasteiger partial charge in [0, 0.05) is 15.4 Å². The molecule has 0 aliphatic carbocycles. The van der Waals surface area contributed by atoms with Gasteiger partial charge in [-0.05, 0) is 86.8 Å². The molecule has 2 aromatic heterocycles. The number of rotatable bonds is 8. The molecule has 0 saturated carbocycles. The van der Waals surface area contributed by atoms with E-state index in [2.05, 4.69) is 37.0 Å². The van der Waals surface area contributed by atoms with Crippen LogP contribution in [0.25, 0.3) is 33.5 Å². The van der Waals surface area contributed by atoms with Crippen molar-refractivity contribution in [2.45, 2.75) is 13.5 Å². The number of para-hydroxylation sites is 2. The smallest absolute Gasteiger partial charge is 0.282 e. The number of hydrogen-bond acceptors (Lipinski definition) is 6. The van der Waals surface area contributed by atoms with Crippen LogP contribution in [0.5, 0.6) is 11.5 Å². The standard InChI is InChI=1S/C32H22Br2FN3O4/c1-2-40-26-16-21(28(33)29(34)30(26)41-18-19-8-7-10-22(35)14-19)17-36-38-31(27-15-20-9-3-6-13-25(20)42-27)37-24-12-5-4-11-23(24)32(38)39/h3-17H,2,18H2,1H3. The van der Waals surface area contributed by atoms with Crippen molar-refractivity contribution in [1.29, 1.82) is 0 Å². The molecule has 0 amide bonds. The predicted octanol–water partition coefficient (Wildman–Crippen LogP) is 8.33. The summed E-state index contributed by atoms with van der Waals surface area (Å²) in [5.41, 5.74) is 2.15. The number of nitrogens with zero attached hydrogens (tertiary/aromatic N) is 3. The van der Waals surface area contributed by atoms with E-state index in [1.165, 1.54) is 23.0 Å². The Kier molecular flexibility index (Phi) is 7.90. The molecule has 0 atom stereocenters. The number of furan rings is 1. The maximum atomic E-state index is 13.7. The van der Waals surface area contributed by atoms with Gasteiger partial charge in [0.05, 0.1) is 28.2 Å². The number of halogens is 3. The summed E-state index contributed by atoms with van der Waals surface area (Å²) in [6, 6.07) is 24.5. The number of aromatic nitrogens is 2. The number of ether oxygens (including phenoxy) is 2. The molecule has 10 heteroatoms. The van der Waals surface area contributed by atoms with Gasteiger partial charge in [-0.3, -0.25) is 4.79 Å². The van der Waals surface area contributed by atoms with Crippen molar-refractivity contribution in [2.75, 3.05) is 6.61 Å². The molecule has 0 saturated heterocycles. The summed E-state index contributed by atoms with van der Waals surface area (Å²) in [5, 5.41) is 5.88. The Morgan fingerprint density at radius 2 is 1.79 bits per heavy atom. The Bertz CT molecular complexity index is 2000. The van der Waals surface area contributed by atoms with E-state index in [-0.39, 0.29) is 23.8 Å². The monoisotopic (exact) mass is 689 g/mol. The highest BCUT2D eigenvalue weighted by atomic mass is 79.9. The largest absolute Gasteiger partial charge is 0.490 e. The van der Waals surface area contributed by atoms with E-state index < -0.39 is 0 Å². The van der Waals surface area contributed by atoms with Gasteiger partial charge in [0.1, 0.15) is 18.0 Å². The molecule has 42 heavy (non-hydrogen) atoms. The SMILES string of the molecule is CCOc1cc(C=Nn2c(-c3cc4ccccc4o3)nc3ccccc3c2=O)c(Br)c(Br)c1OCc1cccc(F)c1. The Labute approximate surface area is 256 Å². The third-order valence-electron chi connectivity index (χ3n) is 6.44. The van der Waals surface area contributed by atoms with Crippen molar-refractivity contribution in [2.24, 2.45) is 5.10 Å². The fourth-order valence-corrected chi connectivity index (χ4v) is 5.42. The van der Waals surface area contributed by atoms with E-state index in [1.807, 2.05) is 43.3 Å². The lowest BCUT2D eigenvalue weighted by atomic mass is 10.2. The molecule has 0 unspecified atom stereocenters. The van der Waals surface area contributed by atoms with Crippen LogP contribution < -0.4 is 15.0 Å². The maximum absolute atomic E-state index is 13.7. The van der Waals surface area contributed by atoms with Crippen LogP contribution in [0.4, 0.5) is 4.39 Å². The zero-order valence-electron chi connectivity index (χ0n) is 22.2. The third-order valence-corrected chi connectivity index (χ3v) is 8.58. The van der Waals surface area contributed by atoms with E-state index in [0.29, 0.717) is 60.4 Å². The minimum atomic E-state index is -0.345. The van der Waals surface area contributed by atoms with Crippen LogP contribution in [-0.4, -0.2) is 22.5 Å². The van der Waals surface area contributed by atoms with Gasteiger partial charge in [-0.25, -0.2) is 9.37 Å². The zero-order chi connectivity index (χ0) is 29.2. The molecule has 210 valence electrons. The molecule has 7 nitrogen and oxygen atoms in total. The van der Waals surface area contributed by atoms with E-state index >= 15 is 0 Å².